The Morgan fingerprint density at radius 1 is 1.00 bits per heavy atom. The molecule has 2 aromatic carbocycles. The monoisotopic (exact) mass is 266 g/mol. The van der Waals surface area contributed by atoms with E-state index in [1.807, 2.05) is 30.3 Å². The summed E-state index contributed by atoms with van der Waals surface area (Å²) in [5, 5.41) is 10.2. The van der Waals surface area contributed by atoms with E-state index in [2.05, 4.69) is 0 Å². The third kappa shape index (κ3) is 1.79. The minimum absolute atomic E-state index is 0.0712. The molecule has 1 aromatic heterocycles. The van der Waals surface area contributed by atoms with Crippen LogP contribution in [0.4, 0.5) is 0 Å². The fourth-order valence-corrected chi connectivity index (χ4v) is 2.43. The second kappa shape index (κ2) is 4.53. The number of aromatic hydroxyl groups is 1. The maximum absolute atomic E-state index is 12.7. The fourth-order valence-electron chi connectivity index (χ4n) is 2.43. The highest BCUT2D eigenvalue weighted by molar-refractivity contribution is 5.86. The van der Waals surface area contributed by atoms with Crippen LogP contribution in [0.5, 0.6) is 5.75 Å². The summed E-state index contributed by atoms with van der Waals surface area (Å²) < 4.78 is 5.78. The lowest BCUT2D eigenvalue weighted by atomic mass is 10.0. The molecule has 20 heavy (non-hydrogen) atoms. The fraction of sp³-hybridized carbons (Fsp3) is 0.118. The Morgan fingerprint density at radius 2 is 1.70 bits per heavy atom. The second-order valence-corrected chi connectivity index (χ2v) is 4.81. The van der Waals surface area contributed by atoms with Crippen LogP contribution in [0.3, 0.4) is 0 Å². The quantitative estimate of drug-likeness (QED) is 0.729. The molecule has 1 heterocycles. The number of fused-ring (bicyclic) bond motifs is 1. The lowest BCUT2D eigenvalue weighted by Crippen LogP contribution is -2.08. The van der Waals surface area contributed by atoms with E-state index in [-0.39, 0.29) is 11.2 Å². The van der Waals surface area contributed by atoms with Gasteiger partial charge >= 0.3 is 0 Å². The van der Waals surface area contributed by atoms with Crippen LogP contribution >= 0.6 is 0 Å². The Kier molecular flexibility index (Phi) is 2.83. The van der Waals surface area contributed by atoms with Crippen molar-refractivity contribution >= 4 is 11.0 Å². The van der Waals surface area contributed by atoms with E-state index >= 15 is 0 Å². The molecule has 0 amide bonds. The minimum Gasteiger partial charge on any atom is -0.508 e. The van der Waals surface area contributed by atoms with Gasteiger partial charge in [-0.1, -0.05) is 30.3 Å². The third-order valence-electron chi connectivity index (χ3n) is 3.52. The molecule has 0 aliphatic carbocycles. The summed E-state index contributed by atoms with van der Waals surface area (Å²) in [4.78, 5) is 12.7. The lowest BCUT2D eigenvalue weighted by molar-refractivity contribution is 0.468. The Morgan fingerprint density at radius 3 is 2.40 bits per heavy atom. The van der Waals surface area contributed by atoms with Crippen LogP contribution < -0.4 is 5.43 Å². The van der Waals surface area contributed by atoms with E-state index in [4.69, 9.17) is 4.42 Å². The van der Waals surface area contributed by atoms with Crippen LogP contribution in [0.2, 0.25) is 0 Å². The summed E-state index contributed by atoms with van der Waals surface area (Å²) in [5.74, 6) is 0.690. The molecule has 0 saturated carbocycles. The zero-order valence-corrected chi connectivity index (χ0v) is 11.3. The zero-order valence-electron chi connectivity index (χ0n) is 11.3. The summed E-state index contributed by atoms with van der Waals surface area (Å²) in [5.41, 5.74) is 2.38. The number of phenols is 1. The molecule has 3 aromatic rings. The molecule has 0 aliphatic heterocycles. The Balaban J connectivity index is 2.43. The Hall–Kier alpha value is -2.55. The predicted molar refractivity (Wildman–Crippen MR) is 79.1 cm³/mol. The summed E-state index contributed by atoms with van der Waals surface area (Å²) in [6.07, 6.45) is 0. The van der Waals surface area contributed by atoms with Crippen LogP contribution in [0.1, 0.15) is 11.3 Å². The molecular weight excluding hydrogens is 252 g/mol. The van der Waals surface area contributed by atoms with Crippen molar-refractivity contribution in [2.75, 3.05) is 0 Å². The van der Waals surface area contributed by atoms with Crippen molar-refractivity contribution in [1.82, 2.24) is 0 Å². The van der Waals surface area contributed by atoms with Crippen molar-refractivity contribution < 1.29 is 9.52 Å². The van der Waals surface area contributed by atoms with E-state index in [1.54, 1.807) is 19.9 Å². The molecule has 3 rings (SSSR count). The van der Waals surface area contributed by atoms with Gasteiger partial charge < -0.3 is 9.52 Å². The molecule has 100 valence electrons. The summed E-state index contributed by atoms with van der Waals surface area (Å²) in [6, 6.07) is 12.6. The van der Waals surface area contributed by atoms with E-state index in [9.17, 15) is 9.90 Å². The molecule has 0 unspecified atom stereocenters. The lowest BCUT2D eigenvalue weighted by Gasteiger charge is -2.09. The molecule has 0 spiro atoms. The Labute approximate surface area is 116 Å². The van der Waals surface area contributed by atoms with Crippen LogP contribution in [-0.2, 0) is 0 Å². The maximum Gasteiger partial charge on any atom is 0.200 e. The predicted octanol–water partition coefficient (Wildman–Crippen LogP) is 3.78. The topological polar surface area (TPSA) is 50.4 Å². The largest absolute Gasteiger partial charge is 0.508 e. The number of phenolic OH excluding ortho intramolecular Hbond substituents is 1. The summed E-state index contributed by atoms with van der Waals surface area (Å²) in [7, 11) is 0. The van der Waals surface area contributed by atoms with Crippen molar-refractivity contribution in [3.05, 3.63) is 64.0 Å². The van der Waals surface area contributed by atoms with Crippen LogP contribution in [0.15, 0.2) is 51.7 Å². The molecule has 0 aliphatic rings. The Bertz CT molecular complexity index is 845. The van der Waals surface area contributed by atoms with Crippen molar-refractivity contribution in [3.63, 3.8) is 0 Å². The SMILES string of the molecule is Cc1oc2c(C)c(O)ccc2c(=O)c1-c1ccccc1. The van der Waals surface area contributed by atoms with Gasteiger partial charge in [-0.3, -0.25) is 4.79 Å². The van der Waals surface area contributed by atoms with Crippen LogP contribution in [0, 0.1) is 13.8 Å². The highest BCUT2D eigenvalue weighted by atomic mass is 16.3. The van der Waals surface area contributed by atoms with Crippen LogP contribution in [-0.4, -0.2) is 5.11 Å². The highest BCUT2D eigenvalue weighted by Gasteiger charge is 2.15. The molecule has 0 atom stereocenters. The first-order chi connectivity index (χ1) is 9.59. The first-order valence-corrected chi connectivity index (χ1v) is 6.41. The molecular formula is C17H14O3. The number of rotatable bonds is 1. The molecule has 0 fully saturated rings. The number of hydrogen-bond donors (Lipinski definition) is 1. The van der Waals surface area contributed by atoms with Gasteiger partial charge in [0, 0.05) is 5.56 Å². The first kappa shape index (κ1) is 12.5. The zero-order chi connectivity index (χ0) is 14.3. The van der Waals surface area contributed by atoms with Gasteiger partial charge in [0.1, 0.15) is 17.1 Å². The second-order valence-electron chi connectivity index (χ2n) is 4.81. The molecule has 0 bridgehead atoms. The van der Waals surface area contributed by atoms with Crippen molar-refractivity contribution in [2.45, 2.75) is 13.8 Å². The van der Waals surface area contributed by atoms with Crippen molar-refractivity contribution in [1.29, 1.82) is 0 Å². The minimum atomic E-state index is -0.0712. The van der Waals surface area contributed by atoms with E-state index in [0.29, 0.717) is 27.9 Å². The van der Waals surface area contributed by atoms with E-state index in [1.165, 1.54) is 6.07 Å². The van der Waals surface area contributed by atoms with Gasteiger partial charge in [0.15, 0.2) is 0 Å². The third-order valence-corrected chi connectivity index (χ3v) is 3.52. The molecule has 1 N–H and O–H groups in total. The van der Waals surface area contributed by atoms with E-state index in [0.717, 1.165) is 5.56 Å². The van der Waals surface area contributed by atoms with Gasteiger partial charge in [-0.2, -0.15) is 0 Å². The maximum atomic E-state index is 12.7. The molecule has 0 saturated heterocycles. The van der Waals surface area contributed by atoms with Gasteiger partial charge in [-0.05, 0) is 31.5 Å². The molecule has 0 radical (unpaired) electrons. The van der Waals surface area contributed by atoms with Gasteiger partial charge in [-0.15, -0.1) is 0 Å². The van der Waals surface area contributed by atoms with Gasteiger partial charge in [0.25, 0.3) is 0 Å². The molecule has 3 heteroatoms. The number of benzene rings is 2. The van der Waals surface area contributed by atoms with Gasteiger partial charge in [0.05, 0.1) is 10.9 Å². The number of hydrogen-bond acceptors (Lipinski definition) is 3. The smallest absolute Gasteiger partial charge is 0.200 e. The van der Waals surface area contributed by atoms with Crippen molar-refractivity contribution in [2.24, 2.45) is 0 Å². The molecule has 3 nitrogen and oxygen atoms in total. The summed E-state index contributed by atoms with van der Waals surface area (Å²) in [6.45, 7) is 3.51. The van der Waals surface area contributed by atoms with Gasteiger partial charge in [-0.25, -0.2) is 0 Å². The average Bonchev–Trinajstić information content (AvgIpc) is 2.45. The first-order valence-electron chi connectivity index (χ1n) is 6.41. The highest BCUT2D eigenvalue weighted by Crippen LogP contribution is 2.29. The van der Waals surface area contributed by atoms with Gasteiger partial charge in [0.2, 0.25) is 5.43 Å². The van der Waals surface area contributed by atoms with Crippen molar-refractivity contribution in [3.8, 4) is 16.9 Å². The summed E-state index contributed by atoms with van der Waals surface area (Å²) >= 11 is 0. The average molecular weight is 266 g/mol. The van der Waals surface area contributed by atoms with E-state index < -0.39 is 0 Å². The standard InChI is InChI=1S/C17H14O3/c1-10-14(18)9-8-13-16(19)15(11(2)20-17(10)13)12-6-4-3-5-7-12/h3-9,18H,1-2H3. The number of aryl methyl sites for hydroxylation is 2. The van der Waals surface area contributed by atoms with Crippen LogP contribution in [0.25, 0.3) is 22.1 Å². The normalized spacial score (nSPS) is 10.9.